The van der Waals surface area contributed by atoms with E-state index in [0.29, 0.717) is 0 Å². The van der Waals surface area contributed by atoms with Gasteiger partial charge in [0.2, 0.25) is 0 Å². The lowest BCUT2D eigenvalue weighted by Gasteiger charge is -2.04. The summed E-state index contributed by atoms with van der Waals surface area (Å²) in [6.45, 7) is 5.88. The summed E-state index contributed by atoms with van der Waals surface area (Å²) in [5.41, 5.74) is 0. The van der Waals surface area contributed by atoms with Gasteiger partial charge in [-0.15, -0.1) is 11.3 Å². The van der Waals surface area contributed by atoms with Gasteiger partial charge in [-0.2, -0.15) is 0 Å². The summed E-state index contributed by atoms with van der Waals surface area (Å²) in [6, 6.07) is 4.37. The largest absolute Gasteiger partial charge is 0.380 e. The first-order valence-electron chi connectivity index (χ1n) is 6.18. The van der Waals surface area contributed by atoms with Gasteiger partial charge >= 0.3 is 0 Å². The predicted octanol–water partition coefficient (Wildman–Crippen LogP) is 2.96. The van der Waals surface area contributed by atoms with Crippen molar-refractivity contribution in [1.29, 1.82) is 0 Å². The maximum absolute atomic E-state index is 5.57. The van der Waals surface area contributed by atoms with Crippen molar-refractivity contribution in [3.63, 3.8) is 0 Å². The molecule has 0 spiro atoms. The molecular weight excluding hydrogens is 218 g/mol. The number of nitrogens with one attached hydrogen (secondary N) is 1. The third-order valence-corrected chi connectivity index (χ3v) is 3.89. The van der Waals surface area contributed by atoms with Gasteiger partial charge in [-0.1, -0.05) is 12.8 Å². The number of rotatable bonds is 8. The number of hydrogen-bond acceptors (Lipinski definition) is 3. The minimum absolute atomic E-state index is 0.844. The minimum atomic E-state index is 0.844. The van der Waals surface area contributed by atoms with Crippen LogP contribution in [0.3, 0.4) is 0 Å². The molecule has 0 bridgehead atoms. The monoisotopic (exact) mass is 239 g/mol. The summed E-state index contributed by atoms with van der Waals surface area (Å²) < 4.78 is 5.57. The molecule has 0 amide bonds. The SMILES string of the molecule is Cc1ccc(CNCCOCCC2CC2)s1. The first-order chi connectivity index (χ1) is 7.84. The molecule has 0 saturated heterocycles. The van der Waals surface area contributed by atoms with E-state index in [1.165, 1.54) is 29.0 Å². The highest BCUT2D eigenvalue weighted by Crippen LogP contribution is 2.31. The van der Waals surface area contributed by atoms with E-state index in [9.17, 15) is 0 Å². The predicted molar refractivity (Wildman–Crippen MR) is 68.9 cm³/mol. The topological polar surface area (TPSA) is 21.3 Å². The van der Waals surface area contributed by atoms with Gasteiger partial charge in [0.1, 0.15) is 0 Å². The van der Waals surface area contributed by atoms with E-state index in [-0.39, 0.29) is 0 Å². The summed E-state index contributed by atoms with van der Waals surface area (Å²) in [5.74, 6) is 0.988. The number of aryl methyl sites for hydroxylation is 1. The lowest BCUT2D eigenvalue weighted by molar-refractivity contribution is 0.130. The molecule has 0 radical (unpaired) electrons. The van der Waals surface area contributed by atoms with E-state index in [1.54, 1.807) is 0 Å². The normalized spacial score (nSPS) is 15.6. The van der Waals surface area contributed by atoms with Crippen molar-refractivity contribution in [3.05, 3.63) is 21.9 Å². The van der Waals surface area contributed by atoms with Gasteiger partial charge in [0.25, 0.3) is 0 Å². The van der Waals surface area contributed by atoms with Gasteiger partial charge in [0.15, 0.2) is 0 Å². The smallest absolute Gasteiger partial charge is 0.0591 e. The fourth-order valence-electron chi connectivity index (χ4n) is 1.69. The Morgan fingerprint density at radius 3 is 2.94 bits per heavy atom. The Morgan fingerprint density at radius 2 is 2.25 bits per heavy atom. The van der Waals surface area contributed by atoms with Crippen molar-refractivity contribution in [1.82, 2.24) is 5.32 Å². The number of ether oxygens (including phenoxy) is 1. The molecule has 3 heteroatoms. The average molecular weight is 239 g/mol. The van der Waals surface area contributed by atoms with Crippen LogP contribution in [0, 0.1) is 12.8 Å². The van der Waals surface area contributed by atoms with Crippen LogP contribution in [-0.4, -0.2) is 19.8 Å². The van der Waals surface area contributed by atoms with Crippen molar-refractivity contribution < 1.29 is 4.74 Å². The van der Waals surface area contributed by atoms with Crippen LogP contribution < -0.4 is 5.32 Å². The molecule has 90 valence electrons. The van der Waals surface area contributed by atoms with Crippen LogP contribution in [0.1, 0.15) is 29.0 Å². The molecule has 0 aliphatic heterocycles. The molecular formula is C13H21NOS. The Balaban J connectivity index is 1.42. The van der Waals surface area contributed by atoms with E-state index >= 15 is 0 Å². The second kappa shape index (κ2) is 6.38. The highest BCUT2D eigenvalue weighted by molar-refractivity contribution is 7.11. The molecule has 1 aromatic heterocycles. The zero-order chi connectivity index (χ0) is 11.2. The van der Waals surface area contributed by atoms with Crippen LogP contribution in [-0.2, 0) is 11.3 Å². The van der Waals surface area contributed by atoms with Crippen LogP contribution >= 0.6 is 11.3 Å². The quantitative estimate of drug-likeness (QED) is 0.704. The molecule has 16 heavy (non-hydrogen) atoms. The fourth-order valence-corrected chi connectivity index (χ4v) is 2.55. The second-order valence-corrected chi connectivity index (χ2v) is 5.91. The molecule has 0 aromatic carbocycles. The van der Waals surface area contributed by atoms with Gasteiger partial charge in [-0.3, -0.25) is 0 Å². The maximum atomic E-state index is 5.57. The molecule has 2 rings (SSSR count). The van der Waals surface area contributed by atoms with Crippen molar-refractivity contribution in [2.45, 2.75) is 32.7 Å². The van der Waals surface area contributed by atoms with E-state index in [0.717, 1.165) is 32.2 Å². The van der Waals surface area contributed by atoms with Crippen LogP contribution in [0.2, 0.25) is 0 Å². The summed E-state index contributed by atoms with van der Waals surface area (Å²) in [4.78, 5) is 2.80. The lowest BCUT2D eigenvalue weighted by Crippen LogP contribution is -2.19. The molecule has 0 unspecified atom stereocenters. The van der Waals surface area contributed by atoms with Gasteiger partial charge in [-0.05, 0) is 31.4 Å². The molecule has 1 aromatic rings. The van der Waals surface area contributed by atoms with Crippen molar-refractivity contribution >= 4 is 11.3 Å². The summed E-state index contributed by atoms with van der Waals surface area (Å²) in [5, 5.41) is 3.40. The van der Waals surface area contributed by atoms with E-state index < -0.39 is 0 Å². The highest BCUT2D eigenvalue weighted by Gasteiger charge is 2.20. The number of hydrogen-bond donors (Lipinski definition) is 1. The second-order valence-electron chi connectivity index (χ2n) is 4.53. The summed E-state index contributed by atoms with van der Waals surface area (Å²) in [7, 11) is 0. The third-order valence-electron chi connectivity index (χ3n) is 2.89. The Morgan fingerprint density at radius 1 is 1.38 bits per heavy atom. The van der Waals surface area contributed by atoms with Crippen molar-refractivity contribution in [3.8, 4) is 0 Å². The van der Waals surface area contributed by atoms with Crippen LogP contribution in [0.4, 0.5) is 0 Å². The highest BCUT2D eigenvalue weighted by atomic mass is 32.1. The van der Waals surface area contributed by atoms with Gasteiger partial charge in [-0.25, -0.2) is 0 Å². The lowest BCUT2D eigenvalue weighted by atomic mass is 10.3. The Labute approximate surface area is 102 Å². The van der Waals surface area contributed by atoms with Crippen LogP contribution in [0.5, 0.6) is 0 Å². The molecule has 2 nitrogen and oxygen atoms in total. The minimum Gasteiger partial charge on any atom is -0.380 e. The summed E-state index contributed by atoms with van der Waals surface area (Å²) in [6.07, 6.45) is 4.13. The fraction of sp³-hybridized carbons (Fsp3) is 0.692. The Hall–Kier alpha value is -0.380. The maximum Gasteiger partial charge on any atom is 0.0591 e. The third kappa shape index (κ3) is 4.64. The average Bonchev–Trinajstić information content (AvgIpc) is 3.00. The first-order valence-corrected chi connectivity index (χ1v) is 7.00. The van der Waals surface area contributed by atoms with Crippen molar-refractivity contribution in [2.75, 3.05) is 19.8 Å². The summed E-state index contributed by atoms with van der Waals surface area (Å²) >= 11 is 1.86. The van der Waals surface area contributed by atoms with Crippen LogP contribution in [0.15, 0.2) is 12.1 Å². The standard InChI is InChI=1S/C13H21NOS/c1-11-2-5-13(16-11)10-14-7-9-15-8-6-12-3-4-12/h2,5,12,14H,3-4,6-10H2,1H3. The zero-order valence-electron chi connectivity index (χ0n) is 10.00. The van der Waals surface area contributed by atoms with Crippen molar-refractivity contribution in [2.24, 2.45) is 5.92 Å². The zero-order valence-corrected chi connectivity index (χ0v) is 10.8. The molecule has 1 saturated carbocycles. The Kier molecular flexibility index (Phi) is 4.82. The molecule has 1 fully saturated rings. The van der Waals surface area contributed by atoms with E-state index in [4.69, 9.17) is 4.74 Å². The molecule has 1 aliphatic carbocycles. The van der Waals surface area contributed by atoms with Gasteiger partial charge < -0.3 is 10.1 Å². The number of thiophene rings is 1. The molecule has 1 aliphatic rings. The van der Waals surface area contributed by atoms with Gasteiger partial charge in [0.05, 0.1) is 6.61 Å². The molecule has 1 N–H and O–H groups in total. The van der Waals surface area contributed by atoms with Crippen LogP contribution in [0.25, 0.3) is 0 Å². The first kappa shape index (κ1) is 12.1. The Bertz CT molecular complexity index is 307. The van der Waals surface area contributed by atoms with Gasteiger partial charge in [0, 0.05) is 29.5 Å². The van der Waals surface area contributed by atoms with E-state index in [1.807, 2.05) is 11.3 Å². The molecule has 0 atom stereocenters. The van der Waals surface area contributed by atoms with E-state index in [2.05, 4.69) is 24.4 Å². The molecule has 1 heterocycles.